The van der Waals surface area contributed by atoms with Crippen LogP contribution in [0.25, 0.3) is 0 Å². The van der Waals surface area contributed by atoms with E-state index < -0.39 is 5.97 Å². The smallest absolute Gasteiger partial charge is 0.325 e. The fraction of sp³-hybridized carbons (Fsp3) is 0.400. The Bertz CT molecular complexity index is 280. The molecule has 1 heterocycles. The van der Waals surface area contributed by atoms with E-state index >= 15 is 0 Å². The molecule has 1 aromatic heterocycles. The van der Waals surface area contributed by atoms with E-state index in [1.54, 1.807) is 6.92 Å². The molecule has 60 valence electrons. The molecule has 0 radical (unpaired) electrons. The molecule has 0 aliphatic rings. The van der Waals surface area contributed by atoms with E-state index in [0.717, 1.165) is 4.68 Å². The molecule has 0 amide bonds. The molecule has 1 aromatic rings. The number of carboxylic acids is 1. The minimum Gasteiger partial charge on any atom is -0.480 e. The molecule has 0 aromatic carbocycles. The number of nitrogens with two attached hydrogens (primary N) is 1. The quantitative estimate of drug-likeness (QED) is 0.587. The van der Waals surface area contributed by atoms with Gasteiger partial charge in [0.05, 0.1) is 0 Å². The number of nitrogen functional groups attached to an aromatic ring is 1. The molecular weight excluding hydrogens is 148 g/mol. The maximum Gasteiger partial charge on any atom is 0.325 e. The maximum absolute atomic E-state index is 10.2. The van der Waals surface area contributed by atoms with Crippen molar-refractivity contribution in [3.8, 4) is 0 Å². The first-order valence-corrected chi connectivity index (χ1v) is 2.98. The molecule has 0 aliphatic heterocycles. The van der Waals surface area contributed by atoms with Crippen molar-refractivity contribution in [3.05, 3.63) is 5.82 Å². The second kappa shape index (κ2) is 2.57. The molecule has 0 saturated carbocycles. The van der Waals surface area contributed by atoms with Crippen LogP contribution in [-0.2, 0) is 11.3 Å². The molecule has 0 aliphatic carbocycles. The van der Waals surface area contributed by atoms with Gasteiger partial charge in [0, 0.05) is 0 Å². The number of aliphatic carboxylic acids is 1. The molecule has 1 rings (SSSR count). The second-order valence-corrected chi connectivity index (χ2v) is 2.07. The van der Waals surface area contributed by atoms with Crippen LogP contribution in [0.5, 0.6) is 0 Å². The third kappa shape index (κ3) is 1.66. The highest BCUT2D eigenvalue weighted by molar-refractivity contribution is 5.66. The van der Waals surface area contributed by atoms with E-state index in [4.69, 9.17) is 10.8 Å². The van der Waals surface area contributed by atoms with Gasteiger partial charge in [-0.05, 0) is 6.92 Å². The van der Waals surface area contributed by atoms with Crippen molar-refractivity contribution in [1.29, 1.82) is 0 Å². The number of hydrogen-bond acceptors (Lipinski definition) is 4. The zero-order chi connectivity index (χ0) is 8.43. The van der Waals surface area contributed by atoms with Crippen molar-refractivity contribution in [3.63, 3.8) is 0 Å². The molecule has 0 atom stereocenters. The predicted molar refractivity (Wildman–Crippen MR) is 36.8 cm³/mol. The number of carboxylic acid groups (broad SMARTS) is 1. The minimum atomic E-state index is -0.985. The number of aryl methyl sites for hydroxylation is 1. The van der Waals surface area contributed by atoms with Gasteiger partial charge in [0.2, 0.25) is 5.95 Å². The second-order valence-electron chi connectivity index (χ2n) is 2.07. The van der Waals surface area contributed by atoms with Crippen LogP contribution in [0.1, 0.15) is 5.82 Å². The van der Waals surface area contributed by atoms with Crippen LogP contribution in [0, 0.1) is 6.92 Å². The zero-order valence-electron chi connectivity index (χ0n) is 5.98. The topological polar surface area (TPSA) is 94.0 Å². The van der Waals surface area contributed by atoms with Gasteiger partial charge >= 0.3 is 5.97 Å². The third-order valence-electron chi connectivity index (χ3n) is 1.09. The Balaban J connectivity index is 2.85. The maximum atomic E-state index is 10.2. The highest BCUT2D eigenvalue weighted by Crippen LogP contribution is 1.97. The first-order valence-electron chi connectivity index (χ1n) is 2.98. The van der Waals surface area contributed by atoms with Crippen LogP contribution >= 0.6 is 0 Å². The van der Waals surface area contributed by atoms with Crippen LogP contribution in [0.4, 0.5) is 5.95 Å². The van der Waals surface area contributed by atoms with Crippen molar-refractivity contribution in [2.75, 3.05) is 5.73 Å². The lowest BCUT2D eigenvalue weighted by Gasteiger charge is -1.95. The fourth-order valence-corrected chi connectivity index (χ4v) is 0.716. The zero-order valence-corrected chi connectivity index (χ0v) is 5.98. The Morgan fingerprint density at radius 1 is 1.82 bits per heavy atom. The summed E-state index contributed by atoms with van der Waals surface area (Å²) < 4.78 is 1.14. The first kappa shape index (κ1) is 7.52. The van der Waals surface area contributed by atoms with Gasteiger partial charge in [0.25, 0.3) is 0 Å². The van der Waals surface area contributed by atoms with Crippen molar-refractivity contribution in [2.24, 2.45) is 0 Å². The standard InChI is InChI=1S/C5H8N4O2/c1-3-7-5(6)9(8-3)2-4(10)11/h2H2,1H3,(H,10,11)(H2,6,7,8). The summed E-state index contributed by atoms with van der Waals surface area (Å²) in [5, 5.41) is 12.1. The molecule has 0 saturated heterocycles. The lowest BCUT2D eigenvalue weighted by molar-refractivity contribution is -0.137. The SMILES string of the molecule is Cc1nc(N)n(CC(=O)O)n1. The minimum absolute atomic E-state index is 0.130. The predicted octanol–water partition coefficient (Wildman–Crippen LogP) is -0.747. The molecule has 6 heteroatoms. The Hall–Kier alpha value is -1.59. The van der Waals surface area contributed by atoms with Gasteiger partial charge in [-0.3, -0.25) is 4.79 Å². The number of anilines is 1. The largest absolute Gasteiger partial charge is 0.480 e. The molecule has 0 bridgehead atoms. The average Bonchev–Trinajstić information content (AvgIpc) is 2.09. The number of nitrogens with zero attached hydrogens (tertiary/aromatic N) is 3. The summed E-state index contributed by atoms with van der Waals surface area (Å²) in [4.78, 5) is 13.9. The number of hydrogen-bond donors (Lipinski definition) is 2. The number of rotatable bonds is 2. The average molecular weight is 156 g/mol. The summed E-state index contributed by atoms with van der Waals surface area (Å²) in [6, 6.07) is 0. The van der Waals surface area contributed by atoms with E-state index in [-0.39, 0.29) is 12.5 Å². The van der Waals surface area contributed by atoms with E-state index in [1.807, 2.05) is 0 Å². The molecule has 11 heavy (non-hydrogen) atoms. The summed E-state index contributed by atoms with van der Waals surface area (Å²) in [6.07, 6.45) is 0. The monoisotopic (exact) mass is 156 g/mol. The van der Waals surface area contributed by atoms with Crippen molar-refractivity contribution in [1.82, 2.24) is 14.8 Å². The normalized spacial score (nSPS) is 9.91. The van der Waals surface area contributed by atoms with Crippen LogP contribution in [0.2, 0.25) is 0 Å². The van der Waals surface area contributed by atoms with Crippen molar-refractivity contribution in [2.45, 2.75) is 13.5 Å². The van der Waals surface area contributed by atoms with Crippen LogP contribution in [0.3, 0.4) is 0 Å². The summed E-state index contributed by atoms with van der Waals surface area (Å²) in [5.41, 5.74) is 5.32. The number of aromatic nitrogens is 3. The lowest BCUT2D eigenvalue weighted by Crippen LogP contribution is -2.12. The summed E-state index contributed by atoms with van der Waals surface area (Å²) >= 11 is 0. The Morgan fingerprint density at radius 3 is 2.82 bits per heavy atom. The van der Waals surface area contributed by atoms with Gasteiger partial charge in [-0.25, -0.2) is 4.68 Å². The lowest BCUT2D eigenvalue weighted by atomic mass is 10.7. The van der Waals surface area contributed by atoms with E-state index in [1.165, 1.54) is 0 Å². The van der Waals surface area contributed by atoms with E-state index in [0.29, 0.717) is 5.82 Å². The van der Waals surface area contributed by atoms with Crippen molar-refractivity contribution >= 4 is 11.9 Å². The van der Waals surface area contributed by atoms with Gasteiger partial charge in [0.1, 0.15) is 12.4 Å². The summed E-state index contributed by atoms with van der Waals surface area (Å²) in [6.45, 7) is 1.40. The highest BCUT2D eigenvalue weighted by atomic mass is 16.4. The Labute approximate surface area is 62.6 Å². The van der Waals surface area contributed by atoms with Gasteiger partial charge in [-0.15, -0.1) is 0 Å². The molecule has 0 fully saturated rings. The van der Waals surface area contributed by atoms with Gasteiger partial charge in [-0.2, -0.15) is 10.1 Å². The molecule has 0 spiro atoms. The highest BCUT2D eigenvalue weighted by Gasteiger charge is 2.05. The first-order chi connectivity index (χ1) is 5.09. The molecule has 6 nitrogen and oxygen atoms in total. The van der Waals surface area contributed by atoms with Gasteiger partial charge in [0.15, 0.2) is 0 Å². The van der Waals surface area contributed by atoms with Gasteiger partial charge in [-0.1, -0.05) is 0 Å². The summed E-state index contributed by atoms with van der Waals surface area (Å²) in [5.74, 6) is -0.379. The van der Waals surface area contributed by atoms with E-state index in [2.05, 4.69) is 10.1 Å². The molecular formula is C5H8N4O2. The van der Waals surface area contributed by atoms with Crippen LogP contribution < -0.4 is 5.73 Å². The number of carbonyl (C=O) groups is 1. The Kier molecular flexibility index (Phi) is 1.75. The molecule has 3 N–H and O–H groups in total. The summed E-state index contributed by atoms with van der Waals surface area (Å²) in [7, 11) is 0. The van der Waals surface area contributed by atoms with Crippen LogP contribution in [-0.4, -0.2) is 25.8 Å². The Morgan fingerprint density at radius 2 is 2.45 bits per heavy atom. The fourth-order valence-electron chi connectivity index (χ4n) is 0.716. The molecule has 0 unspecified atom stereocenters. The third-order valence-corrected chi connectivity index (χ3v) is 1.09. The van der Waals surface area contributed by atoms with Crippen LogP contribution in [0.15, 0.2) is 0 Å². The van der Waals surface area contributed by atoms with E-state index in [9.17, 15) is 4.79 Å². The van der Waals surface area contributed by atoms with Gasteiger partial charge < -0.3 is 10.8 Å². The van der Waals surface area contributed by atoms with Crippen molar-refractivity contribution < 1.29 is 9.90 Å².